The summed E-state index contributed by atoms with van der Waals surface area (Å²) in [4.78, 5) is 35.8. The second kappa shape index (κ2) is 14.8. The molecule has 162 valence electrons. The molecular formula is C19H37N3O4SSi. The molecule has 0 spiro atoms. The van der Waals surface area contributed by atoms with E-state index in [1.807, 2.05) is 13.8 Å². The van der Waals surface area contributed by atoms with E-state index in [4.69, 9.17) is 16.2 Å². The van der Waals surface area contributed by atoms with Gasteiger partial charge in [-0.25, -0.2) is 0 Å². The highest BCUT2D eigenvalue weighted by Crippen LogP contribution is 2.18. The van der Waals surface area contributed by atoms with Crippen LogP contribution in [0.15, 0.2) is 0 Å². The Balaban J connectivity index is 4.70. The second-order valence-corrected chi connectivity index (χ2v) is 12.1. The van der Waals surface area contributed by atoms with Gasteiger partial charge in [-0.1, -0.05) is 33.2 Å². The summed E-state index contributed by atoms with van der Waals surface area (Å²) in [6.45, 7) is 8.23. The van der Waals surface area contributed by atoms with Gasteiger partial charge in [0, 0.05) is 18.4 Å². The first-order valence-electron chi connectivity index (χ1n) is 9.99. The molecule has 0 saturated carbocycles. The molecule has 28 heavy (non-hydrogen) atoms. The summed E-state index contributed by atoms with van der Waals surface area (Å²) in [5, 5.41) is 20.1. The van der Waals surface area contributed by atoms with Crippen LogP contribution in [-0.2, 0) is 14.4 Å². The molecule has 0 rings (SSSR count). The van der Waals surface area contributed by atoms with Crippen molar-refractivity contribution in [1.82, 2.24) is 5.32 Å². The quantitative estimate of drug-likeness (QED) is 0.167. The largest absolute Gasteiger partial charge is 0.481 e. The Labute approximate surface area is 175 Å². The zero-order valence-corrected chi connectivity index (χ0v) is 19.9. The molecule has 5 N–H and O–H groups in total. The number of ketones is 1. The van der Waals surface area contributed by atoms with Crippen LogP contribution in [0.1, 0.15) is 59.8 Å². The number of nitrogens with two attached hydrogens (primary N) is 1. The first-order valence-corrected chi connectivity index (χ1v) is 12.6. The molecule has 0 aliphatic rings. The zero-order valence-electron chi connectivity index (χ0n) is 17.6. The average Bonchev–Trinajstić information content (AvgIpc) is 2.56. The Morgan fingerprint density at radius 3 is 2.32 bits per heavy atom. The van der Waals surface area contributed by atoms with Gasteiger partial charge in [-0.15, -0.1) is 11.8 Å². The second-order valence-electron chi connectivity index (χ2n) is 7.87. The number of aliphatic carboxylic acids is 1. The van der Waals surface area contributed by atoms with Gasteiger partial charge in [-0.05, 0) is 36.9 Å². The molecule has 0 saturated heterocycles. The normalized spacial score (nSPS) is 13.8. The molecular weight excluding hydrogens is 394 g/mol. The molecule has 0 radical (unpaired) electrons. The van der Waals surface area contributed by atoms with E-state index in [9.17, 15) is 14.4 Å². The Morgan fingerprint density at radius 1 is 1.18 bits per heavy atom. The Kier molecular flexibility index (Phi) is 14.1. The van der Waals surface area contributed by atoms with E-state index in [2.05, 4.69) is 19.2 Å². The number of rotatable bonds is 16. The summed E-state index contributed by atoms with van der Waals surface area (Å²) >= 11 is 1.31. The van der Waals surface area contributed by atoms with Crippen molar-refractivity contribution in [3.05, 3.63) is 0 Å². The van der Waals surface area contributed by atoms with Crippen molar-refractivity contribution in [3.8, 4) is 0 Å². The molecule has 1 amide bonds. The summed E-state index contributed by atoms with van der Waals surface area (Å²) < 4.78 is 0. The van der Waals surface area contributed by atoms with Gasteiger partial charge in [-0.3, -0.25) is 14.4 Å². The maximum absolute atomic E-state index is 12.6. The lowest BCUT2D eigenvalue weighted by molar-refractivity contribution is -0.138. The number of amides is 1. The third-order valence-corrected chi connectivity index (χ3v) is 7.17. The molecule has 7 nitrogen and oxygen atoms in total. The fourth-order valence-electron chi connectivity index (χ4n) is 2.69. The summed E-state index contributed by atoms with van der Waals surface area (Å²) in [6, 6.07) is -0.366. The Morgan fingerprint density at radius 2 is 1.82 bits per heavy atom. The van der Waals surface area contributed by atoms with Crippen LogP contribution in [0.3, 0.4) is 0 Å². The molecule has 0 aliphatic carbocycles. The summed E-state index contributed by atoms with van der Waals surface area (Å²) in [7, 11) is -0.493. The fraction of sp³-hybridized carbons (Fsp3) is 0.789. The number of hydrogen-bond acceptors (Lipinski definition) is 6. The van der Waals surface area contributed by atoms with Crippen molar-refractivity contribution in [1.29, 1.82) is 5.41 Å². The lowest BCUT2D eigenvalue weighted by atomic mass is 9.99. The number of carbonyl (C=O) groups is 3. The van der Waals surface area contributed by atoms with Gasteiger partial charge < -0.3 is 21.6 Å². The SMILES string of the molecule is CC(C)[SiH2]C(=N)CCCSC(CC(=O)O)C(=O)NC(CCN)CC(=O)C(C)C. The highest BCUT2D eigenvalue weighted by Gasteiger charge is 2.25. The summed E-state index contributed by atoms with van der Waals surface area (Å²) in [6.07, 6.45) is 1.91. The minimum absolute atomic E-state index is 0.0500. The van der Waals surface area contributed by atoms with E-state index in [1.54, 1.807) is 0 Å². The smallest absolute Gasteiger partial charge is 0.305 e. The van der Waals surface area contributed by atoms with Crippen molar-refractivity contribution in [3.63, 3.8) is 0 Å². The van der Waals surface area contributed by atoms with Crippen LogP contribution in [0.5, 0.6) is 0 Å². The third kappa shape index (κ3) is 13.1. The molecule has 9 heteroatoms. The summed E-state index contributed by atoms with van der Waals surface area (Å²) in [5.41, 5.74) is 6.18. The van der Waals surface area contributed by atoms with E-state index in [-0.39, 0.29) is 36.5 Å². The minimum atomic E-state index is -1.03. The molecule has 0 fully saturated rings. The highest BCUT2D eigenvalue weighted by atomic mass is 32.2. The number of carboxylic acids is 1. The van der Waals surface area contributed by atoms with Crippen LogP contribution in [0.2, 0.25) is 5.54 Å². The number of carboxylic acid groups (broad SMARTS) is 1. The van der Waals surface area contributed by atoms with Crippen LogP contribution in [0.25, 0.3) is 0 Å². The number of carbonyl (C=O) groups excluding carboxylic acids is 2. The fourth-order valence-corrected chi connectivity index (χ4v) is 5.21. The summed E-state index contributed by atoms with van der Waals surface area (Å²) in [5.74, 6) is -0.817. The van der Waals surface area contributed by atoms with Crippen molar-refractivity contribution in [2.75, 3.05) is 12.3 Å². The molecule has 0 heterocycles. The van der Waals surface area contributed by atoms with E-state index in [0.29, 0.717) is 24.3 Å². The predicted molar refractivity (Wildman–Crippen MR) is 119 cm³/mol. The third-order valence-electron chi connectivity index (χ3n) is 4.20. The number of nitrogens with one attached hydrogen (secondary N) is 2. The molecule has 0 aromatic heterocycles. The Hall–Kier alpha value is -1.19. The zero-order chi connectivity index (χ0) is 21.7. The number of Topliss-reactive ketones (excluding diaryl/α,β-unsaturated/α-hetero) is 1. The van der Waals surface area contributed by atoms with Crippen LogP contribution >= 0.6 is 11.8 Å². The number of hydrogen-bond donors (Lipinski definition) is 4. The Bertz CT molecular complexity index is 529. The topological polar surface area (TPSA) is 133 Å². The van der Waals surface area contributed by atoms with E-state index >= 15 is 0 Å². The molecule has 2 atom stereocenters. The minimum Gasteiger partial charge on any atom is -0.481 e. The monoisotopic (exact) mass is 431 g/mol. The maximum Gasteiger partial charge on any atom is 0.305 e. The van der Waals surface area contributed by atoms with Crippen molar-refractivity contribution >= 4 is 44.3 Å². The molecule has 0 bridgehead atoms. The van der Waals surface area contributed by atoms with Gasteiger partial charge in [0.1, 0.15) is 5.78 Å². The molecule has 0 aromatic carbocycles. The predicted octanol–water partition coefficient (Wildman–Crippen LogP) is 1.77. The lowest BCUT2D eigenvalue weighted by Crippen LogP contribution is -2.43. The highest BCUT2D eigenvalue weighted by molar-refractivity contribution is 8.00. The maximum atomic E-state index is 12.6. The van der Waals surface area contributed by atoms with Crippen LogP contribution in [0, 0.1) is 11.3 Å². The molecule has 0 aromatic rings. The van der Waals surface area contributed by atoms with Crippen LogP contribution in [0.4, 0.5) is 0 Å². The first-order chi connectivity index (χ1) is 13.1. The molecule has 0 aliphatic heterocycles. The molecule has 2 unspecified atom stereocenters. The van der Waals surface area contributed by atoms with Crippen LogP contribution in [-0.4, -0.2) is 61.2 Å². The van der Waals surface area contributed by atoms with Gasteiger partial charge in [0.25, 0.3) is 0 Å². The van der Waals surface area contributed by atoms with Gasteiger partial charge in [0.05, 0.1) is 21.2 Å². The van der Waals surface area contributed by atoms with Gasteiger partial charge >= 0.3 is 5.97 Å². The van der Waals surface area contributed by atoms with Crippen LogP contribution < -0.4 is 11.1 Å². The number of thioether (sulfide) groups is 1. The van der Waals surface area contributed by atoms with Gasteiger partial charge in [0.2, 0.25) is 5.91 Å². The van der Waals surface area contributed by atoms with Gasteiger partial charge in [0.15, 0.2) is 0 Å². The van der Waals surface area contributed by atoms with E-state index < -0.39 is 20.7 Å². The lowest BCUT2D eigenvalue weighted by Gasteiger charge is -2.22. The van der Waals surface area contributed by atoms with Crippen molar-refractivity contribution in [2.24, 2.45) is 11.7 Å². The van der Waals surface area contributed by atoms with E-state index in [0.717, 1.165) is 18.2 Å². The van der Waals surface area contributed by atoms with Gasteiger partial charge in [-0.2, -0.15) is 0 Å². The standard InChI is InChI=1S/C19H37N3O4SSi/c1-12(2)15(23)10-14(7-8-20)22-19(26)16(11-18(24)25)27-9-5-6-17(21)28-13(3)4/h12-14,16,21H,5-11,20,28H2,1-4H3,(H,22,26)(H,24,25). The van der Waals surface area contributed by atoms with E-state index in [1.165, 1.54) is 11.8 Å². The van der Waals surface area contributed by atoms with Crippen molar-refractivity contribution in [2.45, 2.75) is 76.6 Å². The first kappa shape index (κ1) is 26.8. The van der Waals surface area contributed by atoms with Crippen molar-refractivity contribution < 1.29 is 19.5 Å². The average molecular weight is 432 g/mol.